The van der Waals surface area contributed by atoms with E-state index in [1.165, 1.54) is 12.5 Å². The average molecular weight is 302 g/mol. The number of rotatable bonds is 2. The van der Waals surface area contributed by atoms with Crippen molar-refractivity contribution in [3.05, 3.63) is 39.5 Å². The number of hydrogen-bond acceptors (Lipinski definition) is 2. The maximum atomic E-state index is 10.8. The third-order valence-corrected chi connectivity index (χ3v) is 2.25. The molecule has 1 rings (SSSR count). The van der Waals surface area contributed by atoms with Crippen LogP contribution in [0.15, 0.2) is 28.3 Å². The van der Waals surface area contributed by atoms with Crippen molar-refractivity contribution < 1.29 is 9.53 Å². The van der Waals surface area contributed by atoms with Crippen molar-refractivity contribution in [2.75, 3.05) is 0 Å². The summed E-state index contributed by atoms with van der Waals surface area (Å²) in [5.74, 6) is 0.298. The number of aryl methyl sites for hydroxylation is 1. The predicted octanol–water partition coefficient (Wildman–Crippen LogP) is 3.29. The molecule has 0 N–H and O–H groups in total. The normalized spacial score (nSPS) is 11.2. The van der Waals surface area contributed by atoms with Crippen LogP contribution < -0.4 is 0 Å². The molecule has 1 aromatic rings. The van der Waals surface area contributed by atoms with Gasteiger partial charge in [0, 0.05) is 16.6 Å². The minimum Gasteiger partial charge on any atom is -0.426 e. The van der Waals surface area contributed by atoms with Gasteiger partial charge in [0.2, 0.25) is 0 Å². The van der Waals surface area contributed by atoms with Crippen LogP contribution in [0.25, 0.3) is 5.76 Å². The van der Waals surface area contributed by atoms with Gasteiger partial charge in [-0.2, -0.15) is 0 Å². The van der Waals surface area contributed by atoms with E-state index in [2.05, 4.69) is 22.6 Å². The first-order valence-electron chi connectivity index (χ1n) is 4.19. The van der Waals surface area contributed by atoms with Crippen molar-refractivity contribution in [2.24, 2.45) is 0 Å². The Balaban J connectivity index is 2.91. The van der Waals surface area contributed by atoms with E-state index in [1.54, 1.807) is 4.08 Å². The van der Waals surface area contributed by atoms with Gasteiger partial charge in [-0.05, 0) is 29.5 Å². The van der Waals surface area contributed by atoms with E-state index in [1.807, 2.05) is 31.2 Å². The summed E-state index contributed by atoms with van der Waals surface area (Å²) in [7, 11) is 0. The molecule has 14 heavy (non-hydrogen) atoms. The molecular formula is C11H11IO2. The minimum atomic E-state index is -0.298. The molecule has 0 unspecified atom stereocenters. The Morgan fingerprint density at radius 3 is 2.36 bits per heavy atom. The molecule has 2 nitrogen and oxygen atoms in total. The highest BCUT2D eigenvalue weighted by atomic mass is 127. The Bertz CT molecular complexity index is 352. The summed E-state index contributed by atoms with van der Waals surface area (Å²) in [4.78, 5) is 10.8. The minimum absolute atomic E-state index is 0.298. The molecule has 0 saturated heterocycles. The molecule has 0 aromatic heterocycles. The zero-order valence-electron chi connectivity index (χ0n) is 8.08. The van der Waals surface area contributed by atoms with E-state index < -0.39 is 0 Å². The molecule has 0 bridgehead atoms. The number of carbonyl (C=O) groups is 1. The van der Waals surface area contributed by atoms with Gasteiger partial charge in [-0.15, -0.1) is 0 Å². The van der Waals surface area contributed by atoms with Crippen LogP contribution in [-0.4, -0.2) is 5.97 Å². The van der Waals surface area contributed by atoms with Crippen molar-refractivity contribution in [2.45, 2.75) is 13.8 Å². The van der Waals surface area contributed by atoms with Gasteiger partial charge >= 0.3 is 5.97 Å². The SMILES string of the molecule is CC(=O)O/C(=C\I)c1ccc(C)cc1. The van der Waals surface area contributed by atoms with Crippen molar-refractivity contribution >= 4 is 34.3 Å². The summed E-state index contributed by atoms with van der Waals surface area (Å²) in [5, 5.41) is 0. The maximum absolute atomic E-state index is 10.8. The first-order chi connectivity index (χ1) is 6.63. The summed E-state index contributed by atoms with van der Waals surface area (Å²) in [6.07, 6.45) is 0. The predicted molar refractivity (Wildman–Crippen MR) is 64.9 cm³/mol. The fraction of sp³-hybridized carbons (Fsp3) is 0.182. The molecule has 74 valence electrons. The molecule has 0 aliphatic carbocycles. The van der Waals surface area contributed by atoms with Crippen molar-refractivity contribution in [1.82, 2.24) is 0 Å². The van der Waals surface area contributed by atoms with Crippen LogP contribution in [0.1, 0.15) is 18.1 Å². The Kier molecular flexibility index (Phi) is 4.13. The number of ether oxygens (including phenoxy) is 1. The van der Waals surface area contributed by atoms with Crippen molar-refractivity contribution in [3.63, 3.8) is 0 Å². The monoisotopic (exact) mass is 302 g/mol. The van der Waals surface area contributed by atoms with Gasteiger partial charge in [0.1, 0.15) is 5.76 Å². The lowest BCUT2D eigenvalue weighted by Gasteiger charge is -2.05. The second-order valence-corrected chi connectivity index (χ2v) is 3.56. The second-order valence-electron chi connectivity index (χ2n) is 2.93. The molecule has 3 heteroatoms. The Morgan fingerprint density at radius 1 is 1.36 bits per heavy atom. The van der Waals surface area contributed by atoms with E-state index in [0.29, 0.717) is 5.76 Å². The van der Waals surface area contributed by atoms with Crippen LogP contribution in [0.4, 0.5) is 0 Å². The van der Waals surface area contributed by atoms with Gasteiger partial charge in [0.25, 0.3) is 0 Å². The smallest absolute Gasteiger partial charge is 0.308 e. The fourth-order valence-corrected chi connectivity index (χ4v) is 1.50. The quantitative estimate of drug-likeness (QED) is 0.476. The van der Waals surface area contributed by atoms with Gasteiger partial charge in [-0.3, -0.25) is 4.79 Å². The molecule has 0 amide bonds. The van der Waals surface area contributed by atoms with Crippen LogP contribution in [-0.2, 0) is 9.53 Å². The topological polar surface area (TPSA) is 26.3 Å². The summed E-state index contributed by atoms with van der Waals surface area (Å²) in [5.41, 5.74) is 2.10. The number of esters is 1. The standard InChI is InChI=1S/C11H11IO2/c1-8-3-5-10(6-4-8)11(7-12)14-9(2)13/h3-7H,1-2H3/b11-7-. The van der Waals surface area contributed by atoms with Gasteiger partial charge in [0.15, 0.2) is 0 Å². The van der Waals surface area contributed by atoms with Crippen LogP contribution in [0.5, 0.6) is 0 Å². The van der Waals surface area contributed by atoms with Gasteiger partial charge < -0.3 is 4.74 Å². The number of hydrogen-bond donors (Lipinski definition) is 0. The summed E-state index contributed by atoms with van der Waals surface area (Å²) >= 11 is 2.06. The van der Waals surface area contributed by atoms with E-state index in [0.717, 1.165) is 5.56 Å². The van der Waals surface area contributed by atoms with Crippen LogP contribution in [0, 0.1) is 6.92 Å². The Morgan fingerprint density at radius 2 is 1.93 bits per heavy atom. The molecule has 0 aliphatic heterocycles. The third-order valence-electron chi connectivity index (χ3n) is 1.69. The lowest BCUT2D eigenvalue weighted by Crippen LogP contribution is -1.97. The molecule has 0 fully saturated rings. The second kappa shape index (κ2) is 5.14. The molecule has 0 aliphatic rings. The summed E-state index contributed by atoms with van der Waals surface area (Å²) in [6, 6.07) is 7.84. The first kappa shape index (κ1) is 11.2. The maximum Gasteiger partial charge on any atom is 0.308 e. The van der Waals surface area contributed by atoms with Crippen molar-refractivity contribution in [1.29, 1.82) is 0 Å². The average Bonchev–Trinajstić information content (AvgIpc) is 2.15. The Hall–Kier alpha value is -0.840. The van der Waals surface area contributed by atoms with E-state index in [9.17, 15) is 4.79 Å². The highest BCUT2D eigenvalue weighted by molar-refractivity contribution is 14.1. The molecule has 0 heterocycles. The fourth-order valence-electron chi connectivity index (χ4n) is 1.02. The van der Waals surface area contributed by atoms with E-state index in [-0.39, 0.29) is 5.97 Å². The van der Waals surface area contributed by atoms with Gasteiger partial charge in [-0.25, -0.2) is 0 Å². The van der Waals surface area contributed by atoms with E-state index >= 15 is 0 Å². The first-order valence-corrected chi connectivity index (χ1v) is 5.44. The zero-order valence-corrected chi connectivity index (χ0v) is 10.2. The molecule has 0 saturated carbocycles. The van der Waals surface area contributed by atoms with Crippen LogP contribution in [0.3, 0.4) is 0 Å². The molecule has 0 radical (unpaired) electrons. The third kappa shape index (κ3) is 3.14. The number of benzene rings is 1. The zero-order chi connectivity index (χ0) is 10.6. The molecule has 0 atom stereocenters. The summed E-state index contributed by atoms with van der Waals surface area (Å²) in [6.45, 7) is 3.41. The lowest BCUT2D eigenvalue weighted by molar-refractivity contribution is -0.134. The molecular weight excluding hydrogens is 291 g/mol. The highest BCUT2D eigenvalue weighted by Gasteiger charge is 2.04. The van der Waals surface area contributed by atoms with Gasteiger partial charge in [0.05, 0.1) is 0 Å². The van der Waals surface area contributed by atoms with E-state index in [4.69, 9.17) is 4.74 Å². The summed E-state index contributed by atoms with van der Waals surface area (Å²) < 4.78 is 6.79. The van der Waals surface area contributed by atoms with Crippen LogP contribution in [0.2, 0.25) is 0 Å². The van der Waals surface area contributed by atoms with Gasteiger partial charge in [-0.1, -0.05) is 29.8 Å². The molecule has 1 aromatic carbocycles. The highest BCUT2D eigenvalue weighted by Crippen LogP contribution is 2.18. The molecule has 0 spiro atoms. The van der Waals surface area contributed by atoms with Crippen molar-refractivity contribution in [3.8, 4) is 0 Å². The Labute approximate surface area is 97.1 Å². The van der Waals surface area contributed by atoms with Crippen LogP contribution >= 0.6 is 22.6 Å². The lowest BCUT2D eigenvalue weighted by atomic mass is 10.1. The number of carbonyl (C=O) groups excluding carboxylic acids is 1. The number of halogens is 1. The largest absolute Gasteiger partial charge is 0.426 e.